The van der Waals surface area contributed by atoms with Gasteiger partial charge in [0, 0.05) is 29.4 Å². The van der Waals surface area contributed by atoms with Gasteiger partial charge in [-0.15, -0.1) is 0 Å². The number of carbonyl (C=O) groups is 1. The molecule has 3 aromatic rings. The highest BCUT2D eigenvalue weighted by molar-refractivity contribution is 6.09. The summed E-state index contributed by atoms with van der Waals surface area (Å²) in [5, 5.41) is 4.88. The molecule has 7 heteroatoms. The topological polar surface area (TPSA) is 122 Å². The maximum Gasteiger partial charge on any atom is 0.269 e. The van der Waals surface area contributed by atoms with Crippen LogP contribution >= 0.6 is 0 Å². The zero-order chi connectivity index (χ0) is 16.2. The third-order valence-corrected chi connectivity index (χ3v) is 3.54. The monoisotopic (exact) mass is 310 g/mol. The average molecular weight is 310 g/mol. The summed E-state index contributed by atoms with van der Waals surface area (Å²) in [7, 11) is 0. The lowest BCUT2D eigenvalue weighted by Crippen LogP contribution is -2.26. The van der Waals surface area contributed by atoms with E-state index in [1.165, 1.54) is 0 Å². The summed E-state index contributed by atoms with van der Waals surface area (Å²) in [6, 6.07) is 9.76. The van der Waals surface area contributed by atoms with Gasteiger partial charge in [-0.2, -0.15) is 0 Å². The smallest absolute Gasteiger partial charge is 0.269 e. The number of nitrogens with two attached hydrogens (primary N) is 2. The first-order chi connectivity index (χ1) is 11.1. The maximum atomic E-state index is 12.2. The van der Waals surface area contributed by atoms with Gasteiger partial charge in [0.15, 0.2) is 5.96 Å². The molecule has 0 spiro atoms. The molecule has 2 heterocycles. The van der Waals surface area contributed by atoms with Crippen molar-refractivity contribution in [3.63, 3.8) is 0 Å². The van der Waals surface area contributed by atoms with Crippen molar-refractivity contribution < 1.29 is 4.79 Å². The molecule has 0 aliphatic carbocycles. The standard InChI is InChI=1S/C16H18N6O/c17-16(18)20-7-3-6-19-15(23)13-8-11-10-4-1-2-5-12(10)22-14(11)9-21-13/h1-2,4-5,8-9,22H,3,6-7H2,(H,19,23)(H4,17,18,20). The molecule has 1 aromatic carbocycles. The Morgan fingerprint density at radius 1 is 1.22 bits per heavy atom. The first kappa shape index (κ1) is 14.8. The van der Waals surface area contributed by atoms with Gasteiger partial charge in [-0.05, 0) is 18.6 Å². The molecule has 0 unspecified atom stereocenters. The molecule has 2 aromatic heterocycles. The number of carbonyl (C=O) groups excluding carboxylic acids is 1. The minimum absolute atomic E-state index is 0.0581. The molecular weight excluding hydrogens is 292 g/mol. The number of aliphatic imine (C=N–C) groups is 1. The number of H-pyrrole nitrogens is 1. The van der Waals surface area contributed by atoms with Crippen LogP contribution in [-0.4, -0.2) is 34.9 Å². The second-order valence-electron chi connectivity index (χ2n) is 5.20. The SMILES string of the molecule is NC(N)=NCCCNC(=O)c1cc2c(cn1)[nH]c1ccccc12. The van der Waals surface area contributed by atoms with Gasteiger partial charge < -0.3 is 21.8 Å². The van der Waals surface area contributed by atoms with E-state index in [0.29, 0.717) is 25.2 Å². The summed E-state index contributed by atoms with van der Waals surface area (Å²) in [6.07, 6.45) is 2.35. The Hall–Kier alpha value is -3.09. The van der Waals surface area contributed by atoms with Crippen LogP contribution in [0.4, 0.5) is 0 Å². The van der Waals surface area contributed by atoms with Crippen molar-refractivity contribution in [2.24, 2.45) is 16.5 Å². The summed E-state index contributed by atoms with van der Waals surface area (Å²) in [5.74, 6) is -0.148. The lowest BCUT2D eigenvalue weighted by molar-refractivity contribution is 0.0948. The van der Waals surface area contributed by atoms with Crippen molar-refractivity contribution in [2.45, 2.75) is 6.42 Å². The predicted octanol–water partition coefficient (Wildman–Crippen LogP) is 1.11. The zero-order valence-electron chi connectivity index (χ0n) is 12.5. The van der Waals surface area contributed by atoms with Crippen LogP contribution in [0.15, 0.2) is 41.5 Å². The Balaban J connectivity index is 1.73. The van der Waals surface area contributed by atoms with E-state index < -0.39 is 0 Å². The van der Waals surface area contributed by atoms with Crippen molar-refractivity contribution in [1.29, 1.82) is 0 Å². The number of fused-ring (bicyclic) bond motifs is 3. The van der Waals surface area contributed by atoms with E-state index in [1.54, 1.807) is 12.3 Å². The molecule has 0 bridgehead atoms. The van der Waals surface area contributed by atoms with E-state index in [2.05, 4.69) is 20.3 Å². The Morgan fingerprint density at radius 2 is 2.04 bits per heavy atom. The summed E-state index contributed by atoms with van der Waals surface area (Å²) in [5.41, 5.74) is 12.8. The van der Waals surface area contributed by atoms with Gasteiger partial charge >= 0.3 is 0 Å². The molecule has 3 rings (SSSR count). The number of pyridine rings is 1. The van der Waals surface area contributed by atoms with Crippen molar-refractivity contribution in [3.8, 4) is 0 Å². The highest BCUT2D eigenvalue weighted by Crippen LogP contribution is 2.24. The van der Waals surface area contributed by atoms with E-state index in [1.807, 2.05) is 24.3 Å². The van der Waals surface area contributed by atoms with Gasteiger partial charge in [-0.1, -0.05) is 18.2 Å². The van der Waals surface area contributed by atoms with Crippen molar-refractivity contribution in [3.05, 3.63) is 42.2 Å². The number of rotatable bonds is 5. The zero-order valence-corrected chi connectivity index (χ0v) is 12.5. The highest BCUT2D eigenvalue weighted by atomic mass is 16.1. The lowest BCUT2D eigenvalue weighted by atomic mass is 10.1. The van der Waals surface area contributed by atoms with Gasteiger partial charge in [-0.3, -0.25) is 9.79 Å². The Labute approximate surface area is 132 Å². The number of aromatic nitrogens is 2. The fraction of sp³-hybridized carbons (Fsp3) is 0.188. The Kier molecular flexibility index (Phi) is 4.09. The second kappa shape index (κ2) is 6.35. The van der Waals surface area contributed by atoms with Crippen LogP contribution in [0, 0.1) is 0 Å². The first-order valence-electron chi connectivity index (χ1n) is 7.35. The van der Waals surface area contributed by atoms with Gasteiger partial charge in [-0.25, -0.2) is 4.98 Å². The van der Waals surface area contributed by atoms with Crippen LogP contribution in [0.3, 0.4) is 0 Å². The number of para-hydroxylation sites is 1. The van der Waals surface area contributed by atoms with Crippen LogP contribution < -0.4 is 16.8 Å². The molecule has 6 N–H and O–H groups in total. The fourth-order valence-electron chi connectivity index (χ4n) is 2.45. The second-order valence-corrected chi connectivity index (χ2v) is 5.20. The molecule has 118 valence electrons. The third kappa shape index (κ3) is 3.23. The number of hydrogen-bond acceptors (Lipinski definition) is 3. The average Bonchev–Trinajstić information content (AvgIpc) is 2.91. The Morgan fingerprint density at radius 3 is 2.87 bits per heavy atom. The molecule has 23 heavy (non-hydrogen) atoms. The van der Waals surface area contributed by atoms with Crippen molar-refractivity contribution >= 4 is 33.7 Å². The number of aromatic amines is 1. The molecule has 1 amide bonds. The molecule has 0 aliphatic heterocycles. The highest BCUT2D eigenvalue weighted by Gasteiger charge is 2.10. The molecule has 0 atom stereocenters. The molecule has 0 saturated heterocycles. The molecule has 0 saturated carbocycles. The lowest BCUT2D eigenvalue weighted by Gasteiger charge is -2.04. The van der Waals surface area contributed by atoms with Crippen LogP contribution in [0.5, 0.6) is 0 Å². The number of nitrogens with one attached hydrogen (secondary N) is 2. The molecule has 7 nitrogen and oxygen atoms in total. The largest absolute Gasteiger partial charge is 0.370 e. The Bertz CT molecular complexity index is 879. The van der Waals surface area contributed by atoms with E-state index in [0.717, 1.165) is 21.8 Å². The quantitative estimate of drug-likeness (QED) is 0.320. The van der Waals surface area contributed by atoms with Crippen LogP contribution in [0.2, 0.25) is 0 Å². The third-order valence-electron chi connectivity index (χ3n) is 3.54. The summed E-state index contributed by atoms with van der Waals surface area (Å²) in [4.78, 5) is 23.5. The fourth-order valence-corrected chi connectivity index (χ4v) is 2.45. The van der Waals surface area contributed by atoms with E-state index >= 15 is 0 Å². The molecule has 0 aliphatic rings. The van der Waals surface area contributed by atoms with E-state index in [9.17, 15) is 4.79 Å². The van der Waals surface area contributed by atoms with Crippen LogP contribution in [0.1, 0.15) is 16.9 Å². The number of guanidine groups is 1. The first-order valence-corrected chi connectivity index (χ1v) is 7.35. The van der Waals surface area contributed by atoms with Gasteiger partial charge in [0.1, 0.15) is 5.69 Å². The molecule has 0 fully saturated rings. The number of benzene rings is 1. The van der Waals surface area contributed by atoms with Gasteiger partial charge in [0.2, 0.25) is 0 Å². The predicted molar refractivity (Wildman–Crippen MR) is 91.2 cm³/mol. The van der Waals surface area contributed by atoms with Crippen molar-refractivity contribution in [1.82, 2.24) is 15.3 Å². The number of nitrogens with zero attached hydrogens (tertiary/aromatic N) is 2. The maximum absolute atomic E-state index is 12.2. The van der Waals surface area contributed by atoms with Gasteiger partial charge in [0.25, 0.3) is 5.91 Å². The normalized spacial score (nSPS) is 10.8. The van der Waals surface area contributed by atoms with Crippen LogP contribution in [-0.2, 0) is 0 Å². The number of amides is 1. The summed E-state index contributed by atoms with van der Waals surface area (Å²) >= 11 is 0. The minimum atomic E-state index is -0.207. The van der Waals surface area contributed by atoms with E-state index in [4.69, 9.17) is 11.5 Å². The number of hydrogen-bond donors (Lipinski definition) is 4. The molecule has 0 radical (unpaired) electrons. The summed E-state index contributed by atoms with van der Waals surface area (Å²) in [6.45, 7) is 0.973. The van der Waals surface area contributed by atoms with Crippen molar-refractivity contribution in [2.75, 3.05) is 13.1 Å². The van der Waals surface area contributed by atoms with Crippen LogP contribution in [0.25, 0.3) is 21.8 Å². The van der Waals surface area contributed by atoms with Gasteiger partial charge in [0.05, 0.1) is 11.7 Å². The minimum Gasteiger partial charge on any atom is -0.370 e. The molecular formula is C16H18N6O. The van der Waals surface area contributed by atoms with E-state index in [-0.39, 0.29) is 11.9 Å². The summed E-state index contributed by atoms with van der Waals surface area (Å²) < 4.78 is 0.